The van der Waals surface area contributed by atoms with Crippen molar-refractivity contribution >= 4 is 0 Å². The van der Waals surface area contributed by atoms with Crippen LogP contribution in [0.1, 0.15) is 40.0 Å². The number of hydrogen-bond donors (Lipinski definition) is 1. The van der Waals surface area contributed by atoms with Gasteiger partial charge < -0.3 is 5.11 Å². The van der Waals surface area contributed by atoms with Gasteiger partial charge in [0.05, 0.1) is 0 Å². The third-order valence-electron chi connectivity index (χ3n) is 1.05. The minimum atomic E-state index is -0.812. The lowest BCUT2D eigenvalue weighted by molar-refractivity contribution is 0.143. The van der Waals surface area contributed by atoms with E-state index < -0.39 is 5.60 Å². The molecular weight excluding hydrogens is 124 g/mol. The number of unbranched alkanes of at least 4 members (excludes halogenated alkanes) is 2. The third-order valence-corrected chi connectivity index (χ3v) is 1.05. The average Bonchev–Trinajstić information content (AvgIpc) is 1.78. The van der Waals surface area contributed by atoms with Gasteiger partial charge in [0.2, 0.25) is 0 Å². The van der Waals surface area contributed by atoms with Crippen molar-refractivity contribution in [3.63, 3.8) is 0 Å². The number of hydrogen-bond acceptors (Lipinski definition) is 1. The third kappa shape index (κ3) is 7.52. The molecule has 0 aliphatic heterocycles. The van der Waals surface area contributed by atoms with Gasteiger partial charge in [-0.3, -0.25) is 0 Å². The second kappa shape index (κ2) is 4.35. The fourth-order valence-electron chi connectivity index (χ4n) is 0.544. The van der Waals surface area contributed by atoms with Crippen LogP contribution in [0.4, 0.5) is 0 Å². The Morgan fingerprint density at radius 3 is 2.40 bits per heavy atom. The Balaban J connectivity index is 3.50. The van der Waals surface area contributed by atoms with Crippen LogP contribution < -0.4 is 0 Å². The SMILES string of the molecule is CCCCC#CC(C)(C)O. The molecule has 0 spiro atoms. The van der Waals surface area contributed by atoms with E-state index in [1.807, 2.05) is 0 Å². The monoisotopic (exact) mass is 140 g/mol. The summed E-state index contributed by atoms with van der Waals surface area (Å²) >= 11 is 0. The predicted octanol–water partition coefficient (Wildman–Crippen LogP) is 1.95. The zero-order valence-electron chi connectivity index (χ0n) is 7.07. The lowest BCUT2D eigenvalue weighted by Crippen LogP contribution is -2.14. The molecular formula is C9H16O. The number of rotatable bonds is 2. The van der Waals surface area contributed by atoms with Crippen LogP contribution in [0.2, 0.25) is 0 Å². The molecule has 0 atom stereocenters. The minimum Gasteiger partial charge on any atom is -0.378 e. The van der Waals surface area contributed by atoms with E-state index in [-0.39, 0.29) is 0 Å². The van der Waals surface area contributed by atoms with Crippen molar-refractivity contribution in [2.24, 2.45) is 0 Å². The molecule has 0 unspecified atom stereocenters. The number of aliphatic hydroxyl groups is 1. The molecule has 0 saturated heterocycles. The molecule has 0 aromatic heterocycles. The summed E-state index contributed by atoms with van der Waals surface area (Å²) in [5.41, 5.74) is -0.812. The molecule has 0 saturated carbocycles. The fraction of sp³-hybridized carbons (Fsp3) is 0.778. The Morgan fingerprint density at radius 2 is 2.00 bits per heavy atom. The van der Waals surface area contributed by atoms with Crippen molar-refractivity contribution in [3.05, 3.63) is 0 Å². The zero-order valence-corrected chi connectivity index (χ0v) is 7.07. The van der Waals surface area contributed by atoms with Crippen molar-refractivity contribution < 1.29 is 5.11 Å². The topological polar surface area (TPSA) is 20.2 Å². The Kier molecular flexibility index (Phi) is 4.14. The first-order valence-electron chi connectivity index (χ1n) is 3.78. The van der Waals surface area contributed by atoms with Gasteiger partial charge in [-0.05, 0) is 20.3 Å². The summed E-state index contributed by atoms with van der Waals surface area (Å²) in [6.45, 7) is 5.53. The van der Waals surface area contributed by atoms with Gasteiger partial charge >= 0.3 is 0 Å². The van der Waals surface area contributed by atoms with Crippen LogP contribution in [0.15, 0.2) is 0 Å². The van der Waals surface area contributed by atoms with E-state index in [0.29, 0.717) is 0 Å². The molecule has 0 aromatic rings. The van der Waals surface area contributed by atoms with Crippen LogP contribution in [-0.4, -0.2) is 10.7 Å². The van der Waals surface area contributed by atoms with Crippen molar-refractivity contribution in [3.8, 4) is 11.8 Å². The van der Waals surface area contributed by atoms with E-state index in [2.05, 4.69) is 18.8 Å². The molecule has 1 N–H and O–H groups in total. The Labute approximate surface area is 63.5 Å². The van der Waals surface area contributed by atoms with E-state index >= 15 is 0 Å². The highest BCUT2D eigenvalue weighted by Gasteiger charge is 2.04. The molecule has 0 heterocycles. The lowest BCUT2D eigenvalue weighted by atomic mass is 10.1. The Hall–Kier alpha value is -0.480. The van der Waals surface area contributed by atoms with Gasteiger partial charge in [0.1, 0.15) is 5.60 Å². The summed E-state index contributed by atoms with van der Waals surface area (Å²) < 4.78 is 0. The summed E-state index contributed by atoms with van der Waals surface area (Å²) in [6.07, 6.45) is 3.20. The summed E-state index contributed by atoms with van der Waals surface area (Å²) in [5.74, 6) is 5.69. The molecule has 1 nitrogen and oxygen atoms in total. The maximum Gasteiger partial charge on any atom is 0.119 e. The molecule has 0 bridgehead atoms. The van der Waals surface area contributed by atoms with Crippen LogP contribution in [-0.2, 0) is 0 Å². The molecule has 10 heavy (non-hydrogen) atoms. The van der Waals surface area contributed by atoms with Crippen molar-refractivity contribution in [1.29, 1.82) is 0 Å². The van der Waals surface area contributed by atoms with Gasteiger partial charge in [0.25, 0.3) is 0 Å². The predicted molar refractivity (Wildman–Crippen MR) is 43.6 cm³/mol. The summed E-state index contributed by atoms with van der Waals surface area (Å²) in [4.78, 5) is 0. The van der Waals surface area contributed by atoms with Crippen molar-refractivity contribution in [2.75, 3.05) is 0 Å². The molecule has 0 rings (SSSR count). The summed E-state index contributed by atoms with van der Waals surface area (Å²) in [7, 11) is 0. The first-order chi connectivity index (χ1) is 4.56. The van der Waals surface area contributed by atoms with Crippen molar-refractivity contribution in [1.82, 2.24) is 0 Å². The van der Waals surface area contributed by atoms with Gasteiger partial charge in [-0.1, -0.05) is 19.3 Å². The second-order valence-electron chi connectivity index (χ2n) is 2.96. The fourth-order valence-corrected chi connectivity index (χ4v) is 0.544. The van der Waals surface area contributed by atoms with Crippen LogP contribution in [0.3, 0.4) is 0 Å². The summed E-state index contributed by atoms with van der Waals surface area (Å²) in [5, 5.41) is 9.14. The normalized spacial score (nSPS) is 10.4. The average molecular weight is 140 g/mol. The van der Waals surface area contributed by atoms with E-state index in [1.54, 1.807) is 13.8 Å². The maximum atomic E-state index is 9.14. The van der Waals surface area contributed by atoms with E-state index in [4.69, 9.17) is 5.11 Å². The first kappa shape index (κ1) is 9.52. The second-order valence-corrected chi connectivity index (χ2v) is 2.96. The standard InChI is InChI=1S/C9H16O/c1-4-5-6-7-8-9(2,3)10/h10H,4-6H2,1-3H3. The molecule has 1 heteroatoms. The van der Waals surface area contributed by atoms with Gasteiger partial charge in [-0.2, -0.15) is 0 Å². The van der Waals surface area contributed by atoms with Crippen LogP contribution in [0.5, 0.6) is 0 Å². The molecule has 0 aliphatic rings. The largest absolute Gasteiger partial charge is 0.378 e. The molecule has 0 radical (unpaired) electrons. The highest BCUT2D eigenvalue weighted by Crippen LogP contribution is 1.98. The van der Waals surface area contributed by atoms with Gasteiger partial charge in [-0.25, -0.2) is 0 Å². The van der Waals surface area contributed by atoms with Gasteiger partial charge in [0, 0.05) is 6.42 Å². The summed E-state index contributed by atoms with van der Waals surface area (Å²) in [6, 6.07) is 0. The van der Waals surface area contributed by atoms with Crippen LogP contribution >= 0.6 is 0 Å². The Morgan fingerprint density at radius 1 is 1.40 bits per heavy atom. The van der Waals surface area contributed by atoms with Gasteiger partial charge in [-0.15, -0.1) is 5.92 Å². The van der Waals surface area contributed by atoms with Gasteiger partial charge in [0.15, 0.2) is 0 Å². The molecule has 58 valence electrons. The Bertz CT molecular complexity index is 131. The van der Waals surface area contributed by atoms with E-state index in [0.717, 1.165) is 12.8 Å². The lowest BCUT2D eigenvalue weighted by Gasteiger charge is -2.05. The first-order valence-corrected chi connectivity index (χ1v) is 3.78. The highest BCUT2D eigenvalue weighted by molar-refractivity contribution is 5.09. The van der Waals surface area contributed by atoms with Crippen LogP contribution in [0.25, 0.3) is 0 Å². The maximum absolute atomic E-state index is 9.14. The van der Waals surface area contributed by atoms with Crippen LogP contribution in [0, 0.1) is 11.8 Å². The van der Waals surface area contributed by atoms with Crippen molar-refractivity contribution in [2.45, 2.75) is 45.6 Å². The quantitative estimate of drug-likeness (QED) is 0.459. The molecule has 0 aromatic carbocycles. The highest BCUT2D eigenvalue weighted by atomic mass is 16.3. The molecule has 0 aliphatic carbocycles. The van der Waals surface area contributed by atoms with E-state index in [1.165, 1.54) is 6.42 Å². The molecule has 0 fully saturated rings. The molecule has 0 amide bonds. The minimum absolute atomic E-state index is 0.812. The smallest absolute Gasteiger partial charge is 0.119 e. The zero-order chi connectivity index (χ0) is 8.04. The van der Waals surface area contributed by atoms with E-state index in [9.17, 15) is 0 Å².